The highest BCUT2D eigenvalue weighted by Crippen LogP contribution is 2.25. The average Bonchev–Trinajstić information content (AvgIpc) is 2.63. The monoisotopic (exact) mass is 276 g/mol. The van der Waals surface area contributed by atoms with Crippen molar-refractivity contribution in [1.82, 2.24) is 9.97 Å². The SMILES string of the molecule is CNc1cc(NC2CCCC(C)CC2)nc(C(C)C)n1. The van der Waals surface area contributed by atoms with Gasteiger partial charge in [-0.15, -0.1) is 0 Å². The first kappa shape index (κ1) is 15.1. The third-order valence-electron chi connectivity index (χ3n) is 4.13. The maximum atomic E-state index is 4.66. The minimum atomic E-state index is 0.345. The van der Waals surface area contributed by atoms with E-state index in [0.717, 1.165) is 23.4 Å². The Bertz CT molecular complexity index is 430. The van der Waals surface area contributed by atoms with Crippen LogP contribution in [0.3, 0.4) is 0 Å². The van der Waals surface area contributed by atoms with Gasteiger partial charge >= 0.3 is 0 Å². The lowest BCUT2D eigenvalue weighted by atomic mass is 10.0. The quantitative estimate of drug-likeness (QED) is 0.815. The van der Waals surface area contributed by atoms with Crippen molar-refractivity contribution in [1.29, 1.82) is 0 Å². The summed E-state index contributed by atoms with van der Waals surface area (Å²) in [4.78, 5) is 9.18. The summed E-state index contributed by atoms with van der Waals surface area (Å²) in [6.45, 7) is 6.63. The first-order valence-corrected chi connectivity index (χ1v) is 7.91. The maximum Gasteiger partial charge on any atom is 0.135 e. The van der Waals surface area contributed by atoms with Crippen LogP contribution in [0.4, 0.5) is 11.6 Å². The van der Waals surface area contributed by atoms with Crippen molar-refractivity contribution in [2.45, 2.75) is 64.8 Å². The lowest BCUT2D eigenvalue weighted by molar-refractivity contribution is 0.501. The molecule has 0 saturated heterocycles. The van der Waals surface area contributed by atoms with Gasteiger partial charge in [0.1, 0.15) is 17.5 Å². The van der Waals surface area contributed by atoms with E-state index in [4.69, 9.17) is 0 Å². The van der Waals surface area contributed by atoms with Gasteiger partial charge in [-0.1, -0.05) is 33.6 Å². The maximum absolute atomic E-state index is 4.66. The van der Waals surface area contributed by atoms with Gasteiger partial charge in [-0.3, -0.25) is 0 Å². The Balaban J connectivity index is 2.09. The van der Waals surface area contributed by atoms with Gasteiger partial charge in [0, 0.05) is 25.1 Å². The molecule has 20 heavy (non-hydrogen) atoms. The third-order valence-corrected chi connectivity index (χ3v) is 4.13. The summed E-state index contributed by atoms with van der Waals surface area (Å²) in [7, 11) is 1.91. The average molecular weight is 276 g/mol. The second-order valence-electron chi connectivity index (χ2n) is 6.36. The van der Waals surface area contributed by atoms with E-state index in [0.29, 0.717) is 12.0 Å². The zero-order valence-electron chi connectivity index (χ0n) is 13.2. The Morgan fingerprint density at radius 3 is 2.55 bits per heavy atom. The van der Waals surface area contributed by atoms with Gasteiger partial charge in [0.15, 0.2) is 0 Å². The van der Waals surface area contributed by atoms with Crippen LogP contribution in [-0.2, 0) is 0 Å². The van der Waals surface area contributed by atoms with Gasteiger partial charge in [0.05, 0.1) is 0 Å². The van der Waals surface area contributed by atoms with E-state index >= 15 is 0 Å². The van der Waals surface area contributed by atoms with Crippen LogP contribution in [0.1, 0.15) is 64.6 Å². The highest BCUT2D eigenvalue weighted by Gasteiger charge is 2.17. The zero-order chi connectivity index (χ0) is 14.5. The van der Waals surface area contributed by atoms with E-state index in [1.54, 1.807) is 0 Å². The zero-order valence-corrected chi connectivity index (χ0v) is 13.2. The molecular formula is C16H28N4. The van der Waals surface area contributed by atoms with Gasteiger partial charge in [-0.2, -0.15) is 0 Å². The van der Waals surface area contributed by atoms with Gasteiger partial charge in [-0.25, -0.2) is 9.97 Å². The molecule has 4 heteroatoms. The summed E-state index contributed by atoms with van der Waals surface area (Å²) < 4.78 is 0. The van der Waals surface area contributed by atoms with Crippen LogP contribution in [0, 0.1) is 5.92 Å². The fraction of sp³-hybridized carbons (Fsp3) is 0.750. The Morgan fingerprint density at radius 2 is 1.85 bits per heavy atom. The smallest absolute Gasteiger partial charge is 0.135 e. The van der Waals surface area contributed by atoms with Crippen LogP contribution < -0.4 is 10.6 Å². The molecule has 1 aromatic rings. The van der Waals surface area contributed by atoms with Crippen LogP contribution in [-0.4, -0.2) is 23.1 Å². The number of nitrogens with zero attached hydrogens (tertiary/aromatic N) is 2. The number of hydrogen-bond donors (Lipinski definition) is 2. The molecule has 4 nitrogen and oxygen atoms in total. The number of hydrogen-bond acceptors (Lipinski definition) is 4. The van der Waals surface area contributed by atoms with Crippen LogP contribution in [0.5, 0.6) is 0 Å². The van der Waals surface area contributed by atoms with Crippen molar-refractivity contribution in [3.63, 3.8) is 0 Å². The van der Waals surface area contributed by atoms with E-state index in [-0.39, 0.29) is 0 Å². The topological polar surface area (TPSA) is 49.8 Å². The number of anilines is 2. The van der Waals surface area contributed by atoms with Crippen LogP contribution in [0.25, 0.3) is 0 Å². The molecule has 2 unspecified atom stereocenters. The molecule has 0 radical (unpaired) electrons. The normalized spacial score (nSPS) is 23.4. The first-order chi connectivity index (χ1) is 9.58. The number of nitrogens with one attached hydrogen (secondary N) is 2. The van der Waals surface area contributed by atoms with Gasteiger partial charge in [0.2, 0.25) is 0 Å². The predicted molar refractivity (Wildman–Crippen MR) is 85.3 cm³/mol. The molecule has 1 aromatic heterocycles. The molecule has 2 N–H and O–H groups in total. The Hall–Kier alpha value is -1.32. The lowest BCUT2D eigenvalue weighted by Crippen LogP contribution is -2.20. The lowest BCUT2D eigenvalue weighted by Gasteiger charge is -2.18. The van der Waals surface area contributed by atoms with Gasteiger partial charge < -0.3 is 10.6 Å². The highest BCUT2D eigenvalue weighted by atomic mass is 15.1. The number of rotatable bonds is 4. The molecule has 1 aliphatic rings. The molecular weight excluding hydrogens is 248 g/mol. The molecule has 0 amide bonds. The van der Waals surface area contributed by atoms with E-state index in [9.17, 15) is 0 Å². The molecule has 0 spiro atoms. The number of aromatic nitrogens is 2. The first-order valence-electron chi connectivity index (χ1n) is 7.91. The molecule has 2 rings (SSSR count). The summed E-state index contributed by atoms with van der Waals surface area (Å²) in [5.74, 6) is 3.98. The molecule has 0 aliphatic heterocycles. The summed E-state index contributed by atoms with van der Waals surface area (Å²) in [5, 5.41) is 6.75. The molecule has 1 aliphatic carbocycles. The fourth-order valence-electron chi connectivity index (χ4n) is 2.77. The second kappa shape index (κ2) is 6.91. The predicted octanol–water partition coefficient (Wildman–Crippen LogP) is 4.02. The summed E-state index contributed by atoms with van der Waals surface area (Å²) >= 11 is 0. The molecule has 1 saturated carbocycles. The molecule has 1 heterocycles. The van der Waals surface area contributed by atoms with E-state index in [2.05, 4.69) is 41.4 Å². The van der Waals surface area contributed by atoms with Gasteiger partial charge in [0.25, 0.3) is 0 Å². The fourth-order valence-corrected chi connectivity index (χ4v) is 2.77. The van der Waals surface area contributed by atoms with Crippen LogP contribution in [0.15, 0.2) is 6.07 Å². The molecule has 112 valence electrons. The standard InChI is InChI=1S/C16H28N4/c1-11(2)16-19-14(17-4)10-15(20-16)18-13-7-5-6-12(3)8-9-13/h10-13H,5-9H2,1-4H3,(H2,17,18,19,20). The van der Waals surface area contributed by atoms with Crippen molar-refractivity contribution in [3.8, 4) is 0 Å². The summed E-state index contributed by atoms with van der Waals surface area (Å²) in [6, 6.07) is 2.57. The molecule has 0 aromatic carbocycles. The van der Waals surface area contributed by atoms with E-state index in [1.807, 2.05) is 13.1 Å². The minimum absolute atomic E-state index is 0.345. The van der Waals surface area contributed by atoms with Gasteiger partial charge in [-0.05, 0) is 25.2 Å². The third kappa shape index (κ3) is 4.09. The Labute approximate surface area is 122 Å². The van der Waals surface area contributed by atoms with Crippen LogP contribution in [0.2, 0.25) is 0 Å². The Morgan fingerprint density at radius 1 is 1.10 bits per heavy atom. The van der Waals surface area contributed by atoms with E-state index in [1.165, 1.54) is 32.1 Å². The largest absolute Gasteiger partial charge is 0.373 e. The highest BCUT2D eigenvalue weighted by molar-refractivity contribution is 5.48. The van der Waals surface area contributed by atoms with Crippen LogP contribution >= 0.6 is 0 Å². The van der Waals surface area contributed by atoms with Crippen molar-refractivity contribution in [2.24, 2.45) is 5.92 Å². The second-order valence-corrected chi connectivity index (χ2v) is 6.36. The van der Waals surface area contributed by atoms with E-state index < -0.39 is 0 Å². The van der Waals surface area contributed by atoms with Crippen molar-refractivity contribution < 1.29 is 0 Å². The molecule has 2 atom stereocenters. The summed E-state index contributed by atoms with van der Waals surface area (Å²) in [6.07, 6.45) is 6.50. The summed E-state index contributed by atoms with van der Waals surface area (Å²) in [5.41, 5.74) is 0. The van der Waals surface area contributed by atoms with Crippen molar-refractivity contribution in [3.05, 3.63) is 11.9 Å². The molecule has 0 bridgehead atoms. The van der Waals surface area contributed by atoms with Crippen molar-refractivity contribution >= 4 is 11.6 Å². The minimum Gasteiger partial charge on any atom is -0.373 e. The van der Waals surface area contributed by atoms with Crippen molar-refractivity contribution in [2.75, 3.05) is 17.7 Å². The Kier molecular flexibility index (Phi) is 5.21. The molecule has 1 fully saturated rings.